The summed E-state index contributed by atoms with van der Waals surface area (Å²) >= 11 is 0. The number of carbonyl (C=O) groups excluding carboxylic acids is 2. The Balaban J connectivity index is 1.73. The summed E-state index contributed by atoms with van der Waals surface area (Å²) in [6.45, 7) is 6.08. The Bertz CT molecular complexity index is 1180. The zero-order valence-corrected chi connectivity index (χ0v) is 18.6. The molecule has 176 valence electrons. The second-order valence-corrected chi connectivity index (χ2v) is 8.80. The van der Waals surface area contributed by atoms with E-state index in [0.29, 0.717) is 6.54 Å². The highest BCUT2D eigenvalue weighted by atomic mass is 19.1. The quantitative estimate of drug-likeness (QED) is 0.728. The molecule has 2 aliphatic heterocycles. The average molecular weight is 460 g/mol. The third-order valence-corrected chi connectivity index (χ3v) is 6.29. The Morgan fingerprint density at radius 2 is 2.03 bits per heavy atom. The van der Waals surface area contributed by atoms with Crippen LogP contribution in [-0.2, 0) is 13.1 Å². The van der Waals surface area contributed by atoms with Crippen LogP contribution in [0.2, 0.25) is 0 Å². The largest absolute Gasteiger partial charge is 0.503 e. The minimum Gasteiger partial charge on any atom is -0.503 e. The first-order valence-corrected chi connectivity index (χ1v) is 10.9. The SMILES string of the molecule is CC(C)N(Cc1ccc(F)cc1F)C(=O)c1cn2c(c(O)c1=O)C(=O)N1[C@@H](C)CCN[C@@H]1C2. The summed E-state index contributed by atoms with van der Waals surface area (Å²) in [5, 5.41) is 13.9. The van der Waals surface area contributed by atoms with Crippen molar-refractivity contribution in [2.45, 2.75) is 58.5 Å². The molecule has 2 amide bonds. The third kappa shape index (κ3) is 3.99. The molecule has 0 unspecified atom stereocenters. The van der Waals surface area contributed by atoms with Gasteiger partial charge in [0.05, 0.1) is 6.54 Å². The normalized spacial score (nSPS) is 19.9. The van der Waals surface area contributed by atoms with Gasteiger partial charge in [0.25, 0.3) is 11.8 Å². The van der Waals surface area contributed by atoms with Crippen molar-refractivity contribution in [1.29, 1.82) is 0 Å². The number of fused-ring (bicyclic) bond motifs is 2. The van der Waals surface area contributed by atoms with E-state index in [1.54, 1.807) is 18.7 Å². The van der Waals surface area contributed by atoms with Crippen molar-refractivity contribution in [2.75, 3.05) is 6.54 Å². The van der Waals surface area contributed by atoms with Gasteiger partial charge < -0.3 is 19.5 Å². The Morgan fingerprint density at radius 1 is 1.30 bits per heavy atom. The van der Waals surface area contributed by atoms with E-state index in [0.717, 1.165) is 18.6 Å². The molecule has 1 fully saturated rings. The van der Waals surface area contributed by atoms with Crippen LogP contribution in [0, 0.1) is 11.6 Å². The molecule has 2 aliphatic rings. The molecule has 2 aromatic rings. The van der Waals surface area contributed by atoms with Crippen LogP contribution in [0.15, 0.2) is 29.2 Å². The number of hydrogen-bond acceptors (Lipinski definition) is 5. The average Bonchev–Trinajstić information content (AvgIpc) is 2.74. The van der Waals surface area contributed by atoms with E-state index in [2.05, 4.69) is 5.32 Å². The molecule has 3 heterocycles. The van der Waals surface area contributed by atoms with E-state index in [4.69, 9.17) is 0 Å². The molecule has 1 aromatic heterocycles. The first-order chi connectivity index (χ1) is 15.6. The summed E-state index contributed by atoms with van der Waals surface area (Å²) in [7, 11) is 0. The maximum absolute atomic E-state index is 14.2. The highest BCUT2D eigenvalue weighted by molar-refractivity contribution is 5.99. The number of aromatic hydroxyl groups is 1. The summed E-state index contributed by atoms with van der Waals surface area (Å²) in [5.74, 6) is -3.51. The molecule has 8 nitrogen and oxygen atoms in total. The number of halogens is 2. The monoisotopic (exact) mass is 460 g/mol. The Hall–Kier alpha value is -3.27. The number of hydrogen-bond donors (Lipinski definition) is 2. The van der Waals surface area contributed by atoms with Gasteiger partial charge >= 0.3 is 0 Å². The molecule has 0 bridgehead atoms. The molecule has 0 aliphatic carbocycles. The van der Waals surface area contributed by atoms with E-state index in [1.807, 2.05) is 6.92 Å². The predicted octanol–water partition coefficient (Wildman–Crippen LogP) is 2.05. The van der Waals surface area contributed by atoms with E-state index in [9.17, 15) is 28.3 Å². The second kappa shape index (κ2) is 8.58. The standard InChI is InChI=1S/C23H26F2N4O4/c1-12(2)28(9-14-4-5-15(24)8-17(14)25)22(32)16-10-27-11-18-26-7-6-13(3)29(18)23(33)19(27)21(31)20(16)30/h4-5,8,10,12-13,18,26,31H,6-7,9,11H2,1-3H3/t13-,18-/m0/s1. The van der Waals surface area contributed by atoms with Crippen molar-refractivity contribution in [3.8, 4) is 5.75 Å². The fraction of sp³-hybridized carbons (Fsp3) is 0.435. The number of rotatable bonds is 4. The number of amides is 2. The summed E-state index contributed by atoms with van der Waals surface area (Å²) in [6.07, 6.45) is 1.70. The molecule has 2 N–H and O–H groups in total. The highest BCUT2D eigenvalue weighted by Crippen LogP contribution is 2.27. The molecular weight excluding hydrogens is 434 g/mol. The van der Waals surface area contributed by atoms with Gasteiger partial charge in [0.2, 0.25) is 5.43 Å². The molecular formula is C23H26F2N4O4. The summed E-state index contributed by atoms with van der Waals surface area (Å²) in [6, 6.07) is 2.58. The van der Waals surface area contributed by atoms with Crippen LogP contribution < -0.4 is 10.7 Å². The first-order valence-electron chi connectivity index (χ1n) is 10.9. The van der Waals surface area contributed by atoms with Gasteiger partial charge in [-0.2, -0.15) is 0 Å². The molecule has 2 atom stereocenters. The molecule has 4 rings (SSSR count). The van der Waals surface area contributed by atoms with Crippen molar-refractivity contribution in [3.05, 3.63) is 63.1 Å². The van der Waals surface area contributed by atoms with Crippen LogP contribution in [0.4, 0.5) is 8.78 Å². The fourth-order valence-corrected chi connectivity index (χ4v) is 4.45. The molecule has 0 radical (unpaired) electrons. The van der Waals surface area contributed by atoms with Gasteiger partial charge in [-0.15, -0.1) is 0 Å². The topological polar surface area (TPSA) is 94.9 Å². The number of nitrogens with zero attached hydrogens (tertiary/aromatic N) is 3. The lowest BCUT2D eigenvalue weighted by Crippen LogP contribution is -2.62. The number of carbonyl (C=O) groups is 2. The minimum absolute atomic E-state index is 0.0599. The van der Waals surface area contributed by atoms with Gasteiger partial charge in [-0.05, 0) is 39.8 Å². The number of pyridine rings is 1. The molecule has 33 heavy (non-hydrogen) atoms. The molecule has 1 aromatic carbocycles. The Kier molecular flexibility index (Phi) is 5.96. The zero-order valence-electron chi connectivity index (χ0n) is 18.6. The van der Waals surface area contributed by atoms with Crippen LogP contribution in [0.25, 0.3) is 0 Å². The molecule has 0 saturated carbocycles. The number of aromatic nitrogens is 1. The molecule has 0 spiro atoms. The number of benzene rings is 1. The van der Waals surface area contributed by atoms with Gasteiger partial charge in [-0.3, -0.25) is 19.7 Å². The fourth-order valence-electron chi connectivity index (χ4n) is 4.45. The zero-order chi connectivity index (χ0) is 24.0. The van der Waals surface area contributed by atoms with Crippen LogP contribution in [0.5, 0.6) is 5.75 Å². The highest BCUT2D eigenvalue weighted by Gasteiger charge is 2.40. The van der Waals surface area contributed by atoms with Crippen molar-refractivity contribution in [3.63, 3.8) is 0 Å². The van der Waals surface area contributed by atoms with Gasteiger partial charge in [-0.25, -0.2) is 8.78 Å². The Morgan fingerprint density at radius 3 is 2.70 bits per heavy atom. The maximum Gasteiger partial charge on any atom is 0.276 e. The van der Waals surface area contributed by atoms with Crippen LogP contribution in [0.3, 0.4) is 0 Å². The molecule has 1 saturated heterocycles. The first kappa shape index (κ1) is 22.9. The van der Waals surface area contributed by atoms with E-state index in [-0.39, 0.29) is 42.1 Å². The predicted molar refractivity (Wildman–Crippen MR) is 116 cm³/mol. The van der Waals surface area contributed by atoms with Gasteiger partial charge in [0, 0.05) is 36.5 Å². The third-order valence-electron chi connectivity index (χ3n) is 6.29. The lowest BCUT2D eigenvalue weighted by Gasteiger charge is -2.45. The van der Waals surface area contributed by atoms with E-state index >= 15 is 0 Å². The maximum atomic E-state index is 14.2. The molecule has 10 heteroatoms. The van der Waals surface area contributed by atoms with Crippen LogP contribution in [0.1, 0.15) is 53.6 Å². The van der Waals surface area contributed by atoms with Crippen molar-refractivity contribution < 1.29 is 23.5 Å². The van der Waals surface area contributed by atoms with E-state index in [1.165, 1.54) is 21.7 Å². The smallest absolute Gasteiger partial charge is 0.276 e. The lowest BCUT2D eigenvalue weighted by atomic mass is 10.0. The minimum atomic E-state index is -0.958. The Labute approximate surface area is 189 Å². The summed E-state index contributed by atoms with van der Waals surface area (Å²) in [4.78, 5) is 42.2. The van der Waals surface area contributed by atoms with Crippen LogP contribution in [-0.4, -0.2) is 56.1 Å². The van der Waals surface area contributed by atoms with Gasteiger partial charge in [0.1, 0.15) is 23.4 Å². The van der Waals surface area contributed by atoms with Gasteiger partial charge in [-0.1, -0.05) is 6.07 Å². The second-order valence-electron chi connectivity index (χ2n) is 8.80. The van der Waals surface area contributed by atoms with Crippen molar-refractivity contribution in [2.24, 2.45) is 0 Å². The van der Waals surface area contributed by atoms with Gasteiger partial charge in [0.15, 0.2) is 11.4 Å². The van der Waals surface area contributed by atoms with E-state index < -0.39 is 40.7 Å². The van der Waals surface area contributed by atoms with Crippen LogP contribution >= 0.6 is 0 Å². The lowest BCUT2D eigenvalue weighted by molar-refractivity contribution is 0.0301. The summed E-state index contributed by atoms with van der Waals surface area (Å²) < 4.78 is 28.9. The summed E-state index contributed by atoms with van der Waals surface area (Å²) in [5.41, 5.74) is -1.34. The van der Waals surface area contributed by atoms with Crippen molar-refractivity contribution >= 4 is 11.8 Å². The number of nitrogens with one attached hydrogen (secondary N) is 1. The van der Waals surface area contributed by atoms with Crippen molar-refractivity contribution in [1.82, 2.24) is 19.7 Å².